The Balaban J connectivity index is 0.0000000945. The van der Waals surface area contributed by atoms with Crippen LogP contribution < -0.4 is 129 Å². The zero-order valence-corrected chi connectivity index (χ0v) is 62.5. The second-order valence-corrected chi connectivity index (χ2v) is 31.9. The molecule has 0 aromatic heterocycles. The van der Waals surface area contributed by atoms with Gasteiger partial charge >= 0.3 is 0 Å². The number of rotatable bonds is 2. The Hall–Kier alpha value is -14.7. The first-order valence-corrected chi connectivity index (χ1v) is 40.2. The quantitative estimate of drug-likeness (QED) is 0.156. The predicted molar refractivity (Wildman–Crippen MR) is 470 cm³/mol. The summed E-state index contributed by atoms with van der Waals surface area (Å²) >= 11 is 0. The van der Waals surface area contributed by atoms with Crippen LogP contribution in [-0.2, 0) is 12.8 Å². The van der Waals surface area contributed by atoms with Crippen LogP contribution in [-0.4, -0.2) is 33.6 Å². The van der Waals surface area contributed by atoms with Crippen molar-refractivity contribution in [3.63, 3.8) is 0 Å². The van der Waals surface area contributed by atoms with E-state index in [0.29, 0.717) is 0 Å². The van der Waals surface area contributed by atoms with Gasteiger partial charge in [-0.25, -0.2) is 0 Å². The lowest BCUT2D eigenvalue weighted by atomic mass is 9.34. The minimum atomic E-state index is -0.00913. The van der Waals surface area contributed by atoms with Crippen LogP contribution in [0.1, 0.15) is 22.3 Å². The fraction of sp³-hybridized carbons (Fsp3) is 0.0196. The van der Waals surface area contributed by atoms with E-state index < -0.39 is 0 Å². The highest BCUT2D eigenvalue weighted by atomic mass is 16.5. The number of ether oxygens (including phenoxy) is 10. The van der Waals surface area contributed by atoms with Gasteiger partial charge in [0.2, 0.25) is 0 Å². The SMILES string of the molecule is C1=Cc2cc3c(c4c5c(cc1c24)B1c2ccccc2Oc2cccc(c21)O5)Oc1cccc2c1B3c1ccccc1O2.c1ccc(-c2cccc(-c3cc4c5c(c3)Oc3ccccc3B5c3ccccc3O4)c2)cc1.c1ccc2c(c1)Oc1cccc3c1B2c1cc2c4c(cc5c(c4c1O3)Oc1cccc3c1B5c1ccccc1O3)CC2. The molecule has 17 aromatic rings. The highest BCUT2D eigenvalue weighted by Crippen LogP contribution is 2.51. The summed E-state index contributed by atoms with van der Waals surface area (Å²) < 4.78 is 66.1. The molecule has 17 aromatic carbocycles. The van der Waals surface area contributed by atoms with E-state index in [-0.39, 0.29) is 33.6 Å². The van der Waals surface area contributed by atoms with Gasteiger partial charge in [0.05, 0.1) is 10.8 Å². The van der Waals surface area contributed by atoms with Crippen molar-refractivity contribution < 1.29 is 47.4 Å². The molecule has 0 bridgehead atoms. The van der Waals surface area contributed by atoms with E-state index in [1.807, 2.05) is 78.9 Å². The molecule has 0 radical (unpaired) electrons. The van der Waals surface area contributed by atoms with Crippen LogP contribution in [0.5, 0.6) is 115 Å². The number of para-hydroxylation sites is 6. The topological polar surface area (TPSA) is 92.3 Å². The van der Waals surface area contributed by atoms with Crippen molar-refractivity contribution in [1.29, 1.82) is 0 Å². The Bertz CT molecular complexity index is 7000. The molecule has 10 aliphatic heterocycles. The highest BCUT2D eigenvalue weighted by molar-refractivity contribution is 7.01. The number of hydrogen-bond acceptors (Lipinski definition) is 10. The number of fused-ring (bicyclic) bond motifs is 24. The van der Waals surface area contributed by atoms with Crippen molar-refractivity contribution in [2.45, 2.75) is 12.8 Å². The molecule has 10 heterocycles. The third-order valence-corrected chi connectivity index (χ3v) is 25.8. The number of hydrogen-bond donors (Lipinski definition) is 0. The molecule has 29 rings (SSSR count). The van der Waals surface area contributed by atoms with Crippen molar-refractivity contribution in [3.8, 4) is 137 Å². The van der Waals surface area contributed by atoms with E-state index in [0.717, 1.165) is 199 Å². The fourth-order valence-electron chi connectivity index (χ4n) is 21.0. The molecule has 15 heteroatoms. The van der Waals surface area contributed by atoms with Gasteiger partial charge < -0.3 is 47.4 Å². The molecule has 10 nitrogen and oxygen atoms in total. The lowest BCUT2D eigenvalue weighted by Crippen LogP contribution is -2.58. The molecule has 0 saturated heterocycles. The van der Waals surface area contributed by atoms with Gasteiger partial charge in [-0.05, 0) is 220 Å². The third kappa shape index (κ3) is 9.11. The van der Waals surface area contributed by atoms with Gasteiger partial charge in [0.25, 0.3) is 33.6 Å². The van der Waals surface area contributed by atoms with Crippen LogP contribution in [0.3, 0.4) is 0 Å². The molecule has 12 aliphatic rings. The Morgan fingerprint density at radius 2 is 0.427 bits per heavy atom. The summed E-state index contributed by atoms with van der Waals surface area (Å²) in [6.07, 6.45) is 6.47. The maximum atomic E-state index is 6.94. The zero-order chi connectivity index (χ0) is 76.0. The van der Waals surface area contributed by atoms with Crippen LogP contribution in [0.4, 0.5) is 0 Å². The lowest BCUT2D eigenvalue weighted by molar-refractivity contribution is 0.458. The van der Waals surface area contributed by atoms with Gasteiger partial charge in [-0.15, -0.1) is 0 Å². The maximum Gasteiger partial charge on any atom is 0.260 e. The van der Waals surface area contributed by atoms with Gasteiger partial charge in [-0.2, -0.15) is 0 Å². The maximum absolute atomic E-state index is 6.94. The minimum absolute atomic E-state index is 0.00913. The average Bonchev–Trinajstić information content (AvgIpc) is 1.68. The second-order valence-electron chi connectivity index (χ2n) is 31.9. The molecule has 0 unspecified atom stereocenters. The summed E-state index contributed by atoms with van der Waals surface area (Å²) in [6, 6.07) is 107. The largest absolute Gasteiger partial charge is 0.458 e. The van der Waals surface area contributed by atoms with Crippen molar-refractivity contribution >= 4 is 149 Å². The predicted octanol–water partition coefficient (Wildman–Crippen LogP) is 14.9. The summed E-state index contributed by atoms with van der Waals surface area (Å²) in [7, 11) is 0. The first-order valence-electron chi connectivity index (χ1n) is 40.2. The molecule has 117 heavy (non-hydrogen) atoms. The monoisotopic (exact) mass is 1500 g/mol. The molecular formula is C102H57B5O10. The van der Waals surface area contributed by atoms with E-state index in [1.165, 1.54) is 76.9 Å². The number of aryl methyl sites for hydroxylation is 2. The standard InChI is InChI=1S/C36H20B2O4.C36H18B2O4.C30H19BO2/c2*1-3-9-25-21(7-1)37-23-17-19-15-16-20-18-24-36(32(31(19)20)35(23)41-29-13-5-11-27(39-25)33(29)37)42-30-14-6-12-28-34(30)38(24)22-8-2-4-10-26(22)40-28;1-2-9-20(10-3-1)21-11-8-12-22(17-21)23-18-28-30-29(19-23)33-27-16-7-5-14-25(27)31(30)24-13-4-6-15-26(24)32-28/h1-14,17-18H,15-16H2;1-18H;1-19H. The molecule has 2 aliphatic carbocycles. The molecule has 0 saturated carbocycles. The van der Waals surface area contributed by atoms with Crippen LogP contribution in [0.15, 0.2) is 309 Å². The van der Waals surface area contributed by atoms with E-state index in [2.05, 4.69) is 243 Å². The van der Waals surface area contributed by atoms with Gasteiger partial charge in [0.15, 0.2) is 0 Å². The molecule has 0 atom stereocenters. The molecule has 0 N–H and O–H groups in total. The van der Waals surface area contributed by atoms with Gasteiger partial charge in [0, 0.05) is 32.7 Å². The minimum Gasteiger partial charge on any atom is -0.458 e. The van der Waals surface area contributed by atoms with Crippen LogP contribution in [0.25, 0.3) is 56.0 Å². The normalized spacial score (nSPS) is 14.3. The van der Waals surface area contributed by atoms with Crippen molar-refractivity contribution in [1.82, 2.24) is 0 Å². The first kappa shape index (κ1) is 63.8. The Morgan fingerprint density at radius 1 is 0.171 bits per heavy atom. The van der Waals surface area contributed by atoms with E-state index in [9.17, 15) is 0 Å². The van der Waals surface area contributed by atoms with Gasteiger partial charge in [-0.3, -0.25) is 0 Å². The molecule has 0 spiro atoms. The van der Waals surface area contributed by atoms with Crippen LogP contribution in [0, 0.1) is 0 Å². The van der Waals surface area contributed by atoms with Crippen molar-refractivity contribution in [2.24, 2.45) is 0 Å². The number of benzene rings is 17. The van der Waals surface area contributed by atoms with E-state index in [4.69, 9.17) is 47.4 Å². The van der Waals surface area contributed by atoms with Crippen molar-refractivity contribution in [3.05, 3.63) is 332 Å². The highest BCUT2D eigenvalue weighted by Gasteiger charge is 2.49. The average molecular weight is 1500 g/mol. The van der Waals surface area contributed by atoms with Crippen molar-refractivity contribution in [2.75, 3.05) is 0 Å². The smallest absolute Gasteiger partial charge is 0.260 e. The van der Waals surface area contributed by atoms with Gasteiger partial charge in [-0.1, -0.05) is 218 Å². The summed E-state index contributed by atoms with van der Waals surface area (Å²) in [4.78, 5) is 0. The zero-order valence-electron chi connectivity index (χ0n) is 62.5. The van der Waals surface area contributed by atoms with Crippen LogP contribution in [0.2, 0.25) is 0 Å². The molecule has 0 amide bonds. The third-order valence-electron chi connectivity index (χ3n) is 25.8. The molecule has 540 valence electrons. The summed E-state index contributed by atoms with van der Waals surface area (Å²) in [5.41, 5.74) is 26.8. The Kier molecular flexibility index (Phi) is 13.1. The Labute approximate surface area is 674 Å². The second kappa shape index (κ2) is 24.0. The summed E-state index contributed by atoms with van der Waals surface area (Å²) in [5, 5.41) is 4.58. The van der Waals surface area contributed by atoms with E-state index >= 15 is 0 Å². The first-order chi connectivity index (χ1) is 58.0. The van der Waals surface area contributed by atoms with E-state index in [1.54, 1.807) is 0 Å². The fourth-order valence-corrected chi connectivity index (χ4v) is 21.0. The van der Waals surface area contributed by atoms with Gasteiger partial charge in [0.1, 0.15) is 115 Å². The summed E-state index contributed by atoms with van der Waals surface area (Å²) in [5.74, 6) is 17.5. The molecule has 0 fully saturated rings. The van der Waals surface area contributed by atoms with Crippen LogP contribution >= 0.6 is 0 Å². The molecular weight excluding hydrogens is 1440 g/mol. The lowest BCUT2D eigenvalue weighted by Gasteiger charge is -2.36. The summed E-state index contributed by atoms with van der Waals surface area (Å²) in [6.45, 7) is 0.137. The Morgan fingerprint density at radius 3 is 0.786 bits per heavy atom.